The maximum atomic E-state index is 12.1. The average molecular weight is 295 g/mol. The zero-order valence-electron chi connectivity index (χ0n) is 12.1. The van der Waals surface area contributed by atoms with Gasteiger partial charge in [-0.05, 0) is 6.42 Å². The van der Waals surface area contributed by atoms with E-state index < -0.39 is 17.2 Å². The Morgan fingerprint density at radius 1 is 1.29 bits per heavy atom. The van der Waals surface area contributed by atoms with Crippen molar-refractivity contribution in [2.24, 2.45) is 14.1 Å². The van der Waals surface area contributed by atoms with Crippen LogP contribution in [0.2, 0.25) is 0 Å². The van der Waals surface area contributed by atoms with Gasteiger partial charge in [0.15, 0.2) is 11.2 Å². The van der Waals surface area contributed by atoms with E-state index in [-0.39, 0.29) is 18.0 Å². The van der Waals surface area contributed by atoms with Crippen molar-refractivity contribution in [3.8, 4) is 0 Å². The molecule has 0 spiro atoms. The molecular weight excluding hydrogens is 278 g/mol. The number of hydrogen-bond donors (Lipinski definition) is 2. The van der Waals surface area contributed by atoms with Crippen LogP contribution >= 0.6 is 0 Å². The van der Waals surface area contributed by atoms with E-state index in [2.05, 4.69) is 10.3 Å². The summed E-state index contributed by atoms with van der Waals surface area (Å²) >= 11 is 0. The van der Waals surface area contributed by atoms with Gasteiger partial charge in [-0.3, -0.25) is 23.3 Å². The molecule has 2 N–H and O–H groups in total. The molecule has 0 saturated heterocycles. The number of carboxylic acids is 1. The third-order valence-electron chi connectivity index (χ3n) is 3.18. The summed E-state index contributed by atoms with van der Waals surface area (Å²) in [6.07, 6.45) is 0.747. The molecule has 0 radical (unpaired) electrons. The molecule has 0 amide bonds. The second kappa shape index (κ2) is 5.43. The van der Waals surface area contributed by atoms with Crippen LogP contribution in [0.3, 0.4) is 0 Å². The van der Waals surface area contributed by atoms with Crippen LogP contribution in [0.4, 0.5) is 5.95 Å². The number of nitrogens with one attached hydrogen (secondary N) is 1. The molecule has 9 heteroatoms. The van der Waals surface area contributed by atoms with Crippen molar-refractivity contribution >= 4 is 23.1 Å². The average Bonchev–Trinajstić information content (AvgIpc) is 2.80. The Kier molecular flexibility index (Phi) is 3.83. The van der Waals surface area contributed by atoms with Crippen molar-refractivity contribution in [3.63, 3.8) is 0 Å². The normalized spacial score (nSPS) is 11.0. The molecule has 0 saturated carbocycles. The van der Waals surface area contributed by atoms with Gasteiger partial charge in [-0.2, -0.15) is 0 Å². The van der Waals surface area contributed by atoms with Crippen molar-refractivity contribution in [3.05, 3.63) is 20.8 Å². The van der Waals surface area contributed by atoms with E-state index in [1.54, 1.807) is 11.6 Å². The first-order valence-corrected chi connectivity index (χ1v) is 6.50. The van der Waals surface area contributed by atoms with E-state index >= 15 is 0 Å². The first-order chi connectivity index (χ1) is 9.88. The molecule has 0 fully saturated rings. The molecule has 2 aromatic heterocycles. The van der Waals surface area contributed by atoms with E-state index in [0.717, 1.165) is 11.0 Å². The van der Waals surface area contributed by atoms with Gasteiger partial charge in [0.05, 0.1) is 0 Å². The van der Waals surface area contributed by atoms with Gasteiger partial charge in [-0.1, -0.05) is 6.92 Å². The number of aryl methyl sites for hydroxylation is 2. The van der Waals surface area contributed by atoms with Gasteiger partial charge < -0.3 is 10.4 Å². The van der Waals surface area contributed by atoms with E-state index in [1.165, 1.54) is 11.6 Å². The number of anilines is 1. The lowest BCUT2D eigenvalue weighted by molar-refractivity contribution is -0.134. The van der Waals surface area contributed by atoms with Crippen molar-refractivity contribution in [2.45, 2.75) is 19.9 Å². The largest absolute Gasteiger partial charge is 0.480 e. The molecule has 0 aliphatic carbocycles. The number of aliphatic carboxylic acids is 1. The quantitative estimate of drug-likeness (QED) is 0.757. The van der Waals surface area contributed by atoms with Crippen molar-refractivity contribution < 1.29 is 9.90 Å². The summed E-state index contributed by atoms with van der Waals surface area (Å²) in [5, 5.41) is 11.4. The van der Waals surface area contributed by atoms with E-state index in [0.29, 0.717) is 12.2 Å². The Morgan fingerprint density at radius 2 is 1.95 bits per heavy atom. The number of hydrogen-bond acceptors (Lipinski definition) is 5. The van der Waals surface area contributed by atoms with Gasteiger partial charge in [0.2, 0.25) is 5.95 Å². The molecule has 21 heavy (non-hydrogen) atoms. The Labute approximate surface area is 119 Å². The van der Waals surface area contributed by atoms with E-state index in [1.807, 2.05) is 6.92 Å². The highest BCUT2D eigenvalue weighted by Crippen LogP contribution is 2.16. The highest BCUT2D eigenvalue weighted by Gasteiger charge is 2.18. The number of aromatic nitrogens is 4. The number of rotatable bonds is 5. The standard InChI is InChI=1S/C12H17N5O4/c1-4-5-17-9-8(14-11(17)13-6-7(18)19)10(20)16(3)12(21)15(9)2/h4-6H2,1-3H3,(H,13,14)(H,18,19). The van der Waals surface area contributed by atoms with Crippen molar-refractivity contribution in [2.75, 3.05) is 11.9 Å². The van der Waals surface area contributed by atoms with Gasteiger partial charge >= 0.3 is 11.7 Å². The number of carbonyl (C=O) groups is 1. The summed E-state index contributed by atoms with van der Waals surface area (Å²) in [5.74, 6) is -0.764. The van der Waals surface area contributed by atoms with Crippen LogP contribution in [0.25, 0.3) is 11.2 Å². The number of carboxylic acid groups (broad SMARTS) is 1. The van der Waals surface area contributed by atoms with E-state index in [9.17, 15) is 14.4 Å². The number of fused-ring (bicyclic) bond motifs is 1. The molecule has 0 unspecified atom stereocenters. The summed E-state index contributed by atoms with van der Waals surface area (Å²) < 4.78 is 3.97. The lowest BCUT2D eigenvalue weighted by atomic mass is 10.4. The first kappa shape index (κ1) is 14.8. The van der Waals surface area contributed by atoms with Gasteiger partial charge in [-0.15, -0.1) is 0 Å². The van der Waals surface area contributed by atoms with Crippen LogP contribution in [0.15, 0.2) is 9.59 Å². The lowest BCUT2D eigenvalue weighted by Crippen LogP contribution is -2.37. The summed E-state index contributed by atoms with van der Waals surface area (Å²) in [7, 11) is 2.94. The van der Waals surface area contributed by atoms with Gasteiger partial charge in [0.25, 0.3) is 5.56 Å². The molecule has 0 atom stereocenters. The maximum absolute atomic E-state index is 12.1. The van der Waals surface area contributed by atoms with Crippen molar-refractivity contribution in [1.29, 1.82) is 0 Å². The SMILES string of the molecule is CCCn1c(NCC(=O)O)nc2c(=O)n(C)c(=O)n(C)c21. The molecule has 2 aromatic rings. The Hall–Kier alpha value is -2.58. The fourth-order valence-electron chi connectivity index (χ4n) is 2.21. The zero-order chi connectivity index (χ0) is 15.7. The Morgan fingerprint density at radius 3 is 2.52 bits per heavy atom. The second-order valence-electron chi connectivity index (χ2n) is 4.71. The highest BCUT2D eigenvalue weighted by atomic mass is 16.4. The molecule has 0 aliphatic rings. The second-order valence-corrected chi connectivity index (χ2v) is 4.71. The molecule has 0 bridgehead atoms. The van der Waals surface area contributed by atoms with Crippen LogP contribution < -0.4 is 16.6 Å². The predicted molar refractivity (Wildman–Crippen MR) is 76.6 cm³/mol. The van der Waals surface area contributed by atoms with E-state index in [4.69, 9.17) is 5.11 Å². The maximum Gasteiger partial charge on any atom is 0.332 e. The van der Waals surface area contributed by atoms with Crippen LogP contribution in [-0.4, -0.2) is 36.3 Å². The minimum absolute atomic E-state index is 0.140. The molecular formula is C12H17N5O4. The molecule has 9 nitrogen and oxygen atoms in total. The van der Waals surface area contributed by atoms with Crippen LogP contribution in [0, 0.1) is 0 Å². The summed E-state index contributed by atoms with van der Waals surface area (Å²) in [5.41, 5.74) is -0.422. The minimum Gasteiger partial charge on any atom is -0.480 e. The highest BCUT2D eigenvalue weighted by molar-refractivity contribution is 5.76. The van der Waals surface area contributed by atoms with Crippen LogP contribution in [-0.2, 0) is 25.4 Å². The topological polar surface area (TPSA) is 111 Å². The molecule has 0 aliphatic heterocycles. The Bertz CT molecular complexity index is 814. The molecule has 0 aromatic carbocycles. The summed E-state index contributed by atoms with van der Waals surface area (Å²) in [4.78, 5) is 39.0. The summed E-state index contributed by atoms with van der Waals surface area (Å²) in [6, 6.07) is 0. The fraction of sp³-hybridized carbons (Fsp3) is 0.500. The molecule has 2 heterocycles. The fourth-order valence-corrected chi connectivity index (χ4v) is 2.21. The smallest absolute Gasteiger partial charge is 0.332 e. The van der Waals surface area contributed by atoms with Crippen molar-refractivity contribution in [1.82, 2.24) is 18.7 Å². The minimum atomic E-state index is -1.04. The predicted octanol–water partition coefficient (Wildman–Crippen LogP) is -0.660. The molecule has 114 valence electrons. The van der Waals surface area contributed by atoms with Crippen LogP contribution in [0.5, 0.6) is 0 Å². The van der Waals surface area contributed by atoms with Gasteiger partial charge in [0, 0.05) is 20.6 Å². The van der Waals surface area contributed by atoms with Gasteiger partial charge in [0.1, 0.15) is 6.54 Å². The molecule has 2 rings (SSSR count). The zero-order valence-corrected chi connectivity index (χ0v) is 12.1. The number of nitrogens with zero attached hydrogens (tertiary/aromatic N) is 4. The number of imidazole rings is 1. The summed E-state index contributed by atoms with van der Waals surface area (Å²) in [6.45, 7) is 2.13. The third-order valence-corrected chi connectivity index (χ3v) is 3.18. The van der Waals surface area contributed by atoms with Crippen LogP contribution in [0.1, 0.15) is 13.3 Å². The third kappa shape index (κ3) is 2.41. The first-order valence-electron chi connectivity index (χ1n) is 6.50. The monoisotopic (exact) mass is 295 g/mol. The Balaban J connectivity index is 2.76. The van der Waals surface area contributed by atoms with Gasteiger partial charge in [-0.25, -0.2) is 9.78 Å². The lowest BCUT2D eigenvalue weighted by Gasteiger charge is -2.10.